The molecule has 4 aliphatic rings. The average Bonchev–Trinajstić information content (AvgIpc) is 2.98. The number of rotatable bonds is 9. The molecule has 4 saturated heterocycles. The molecule has 11 N–H and O–H groups in total. The first-order valence-corrected chi connectivity index (χ1v) is 14.1. The highest BCUT2D eigenvalue weighted by Crippen LogP contribution is 2.35. The third kappa shape index (κ3) is 7.32. The van der Waals surface area contributed by atoms with Crippen LogP contribution in [0.2, 0.25) is 0 Å². The van der Waals surface area contributed by atoms with E-state index in [0.29, 0.717) is 0 Å². The largest absolute Gasteiger partial charge is 0.394 e. The van der Waals surface area contributed by atoms with E-state index in [9.17, 15) is 56.2 Å². The maximum atomic E-state index is 11.2. The molecule has 0 aliphatic carbocycles. The SMILES string of the molecule is CC(C)C1OC(CO)C(OC2OC(CO)C(O)C(OC3OCC(O)C(O)C3O)C2O)C(OC2OCC(O)C(O)C2O)C1O. The second-order valence-corrected chi connectivity index (χ2v) is 11.6. The zero-order chi connectivity index (χ0) is 31.7. The molecule has 4 heterocycles. The van der Waals surface area contributed by atoms with Gasteiger partial charge in [-0.1, -0.05) is 13.8 Å². The van der Waals surface area contributed by atoms with Crippen LogP contribution in [0.5, 0.6) is 0 Å². The fourth-order valence-electron chi connectivity index (χ4n) is 5.56. The summed E-state index contributed by atoms with van der Waals surface area (Å²) >= 11 is 0. The molecule has 0 bridgehead atoms. The Labute approximate surface area is 246 Å². The van der Waals surface area contributed by atoms with Crippen LogP contribution in [0.1, 0.15) is 13.8 Å². The van der Waals surface area contributed by atoms with Gasteiger partial charge in [0, 0.05) is 0 Å². The average molecular weight is 633 g/mol. The van der Waals surface area contributed by atoms with Crippen molar-refractivity contribution in [2.75, 3.05) is 26.4 Å². The topological polar surface area (TPSA) is 287 Å². The van der Waals surface area contributed by atoms with Crippen molar-refractivity contribution in [1.29, 1.82) is 0 Å². The molecule has 0 aromatic carbocycles. The molecule has 0 aromatic rings. The van der Waals surface area contributed by atoms with Gasteiger partial charge in [0.15, 0.2) is 18.9 Å². The van der Waals surface area contributed by atoms with E-state index in [1.54, 1.807) is 13.8 Å². The highest BCUT2D eigenvalue weighted by atomic mass is 16.8. The summed E-state index contributed by atoms with van der Waals surface area (Å²) in [6.07, 6.45) is -27.9. The first-order valence-electron chi connectivity index (χ1n) is 14.1. The van der Waals surface area contributed by atoms with Crippen LogP contribution in [0, 0.1) is 5.92 Å². The maximum absolute atomic E-state index is 11.2. The summed E-state index contributed by atoms with van der Waals surface area (Å²) in [5.41, 5.74) is 0. The smallest absolute Gasteiger partial charge is 0.187 e. The normalized spacial score (nSPS) is 51.5. The van der Waals surface area contributed by atoms with Crippen molar-refractivity contribution >= 4 is 0 Å². The Morgan fingerprint density at radius 3 is 1.51 bits per heavy atom. The summed E-state index contributed by atoms with van der Waals surface area (Å²) in [5, 5.41) is 114. The van der Waals surface area contributed by atoms with E-state index in [-0.39, 0.29) is 5.92 Å². The van der Waals surface area contributed by atoms with Gasteiger partial charge in [0.2, 0.25) is 0 Å². The molecule has 0 amide bonds. The van der Waals surface area contributed by atoms with Gasteiger partial charge in [-0.15, -0.1) is 0 Å². The molecule has 18 unspecified atom stereocenters. The predicted molar refractivity (Wildman–Crippen MR) is 134 cm³/mol. The molecule has 18 heteroatoms. The Morgan fingerprint density at radius 1 is 0.535 bits per heavy atom. The molecule has 0 saturated carbocycles. The van der Waals surface area contributed by atoms with Gasteiger partial charge in [-0.2, -0.15) is 0 Å². The third-order valence-corrected chi connectivity index (χ3v) is 8.14. The number of hydrogen-bond acceptors (Lipinski definition) is 18. The van der Waals surface area contributed by atoms with Crippen molar-refractivity contribution in [3.05, 3.63) is 0 Å². The van der Waals surface area contributed by atoms with E-state index in [1.807, 2.05) is 0 Å². The number of aliphatic hydroxyl groups is 11. The van der Waals surface area contributed by atoms with Crippen molar-refractivity contribution in [2.24, 2.45) is 5.92 Å². The Morgan fingerprint density at radius 2 is 1.02 bits per heavy atom. The number of aliphatic hydroxyl groups excluding tert-OH is 11. The van der Waals surface area contributed by atoms with E-state index in [1.165, 1.54) is 0 Å². The molecular formula is C25H44O18. The van der Waals surface area contributed by atoms with Crippen molar-refractivity contribution in [1.82, 2.24) is 0 Å². The molecule has 252 valence electrons. The maximum Gasteiger partial charge on any atom is 0.187 e. The highest BCUT2D eigenvalue weighted by Gasteiger charge is 2.55. The van der Waals surface area contributed by atoms with Gasteiger partial charge in [-0.25, -0.2) is 0 Å². The third-order valence-electron chi connectivity index (χ3n) is 8.14. The minimum Gasteiger partial charge on any atom is -0.394 e. The predicted octanol–water partition coefficient (Wildman–Crippen LogP) is -6.76. The summed E-state index contributed by atoms with van der Waals surface area (Å²) in [4.78, 5) is 0. The lowest BCUT2D eigenvalue weighted by atomic mass is 9.88. The zero-order valence-electron chi connectivity index (χ0n) is 23.6. The lowest BCUT2D eigenvalue weighted by molar-refractivity contribution is -0.379. The number of ether oxygens (including phenoxy) is 7. The molecular weight excluding hydrogens is 588 g/mol. The van der Waals surface area contributed by atoms with E-state index in [4.69, 9.17) is 33.2 Å². The van der Waals surface area contributed by atoms with Gasteiger partial charge < -0.3 is 89.3 Å². The first-order chi connectivity index (χ1) is 20.3. The molecule has 0 aromatic heterocycles. The van der Waals surface area contributed by atoms with Gasteiger partial charge in [-0.05, 0) is 5.92 Å². The minimum absolute atomic E-state index is 0.320. The van der Waals surface area contributed by atoms with Crippen molar-refractivity contribution < 1.29 is 89.3 Å². The Balaban J connectivity index is 1.58. The second kappa shape index (κ2) is 14.8. The van der Waals surface area contributed by atoms with Crippen LogP contribution >= 0.6 is 0 Å². The minimum atomic E-state index is -1.88. The van der Waals surface area contributed by atoms with Gasteiger partial charge in [0.25, 0.3) is 0 Å². The van der Waals surface area contributed by atoms with Gasteiger partial charge in [-0.3, -0.25) is 0 Å². The van der Waals surface area contributed by atoms with Crippen molar-refractivity contribution in [3.8, 4) is 0 Å². The fraction of sp³-hybridized carbons (Fsp3) is 1.00. The molecule has 43 heavy (non-hydrogen) atoms. The van der Waals surface area contributed by atoms with Crippen LogP contribution in [-0.2, 0) is 33.2 Å². The van der Waals surface area contributed by atoms with Crippen molar-refractivity contribution in [3.63, 3.8) is 0 Å². The van der Waals surface area contributed by atoms with Gasteiger partial charge in [0.1, 0.15) is 85.5 Å². The Bertz CT molecular complexity index is 868. The van der Waals surface area contributed by atoms with Crippen LogP contribution in [0.15, 0.2) is 0 Å². The van der Waals surface area contributed by atoms with Crippen LogP contribution in [0.25, 0.3) is 0 Å². The fourth-order valence-corrected chi connectivity index (χ4v) is 5.56. The monoisotopic (exact) mass is 632 g/mol. The van der Waals surface area contributed by atoms with E-state index in [0.717, 1.165) is 0 Å². The summed E-state index contributed by atoms with van der Waals surface area (Å²) in [5.74, 6) is -0.320. The number of hydrogen-bond donors (Lipinski definition) is 11. The van der Waals surface area contributed by atoms with Crippen LogP contribution in [-0.4, -0.2) is 193 Å². The second-order valence-electron chi connectivity index (χ2n) is 11.6. The molecule has 18 nitrogen and oxygen atoms in total. The quantitative estimate of drug-likeness (QED) is 0.113. The zero-order valence-corrected chi connectivity index (χ0v) is 23.6. The summed E-state index contributed by atoms with van der Waals surface area (Å²) in [6.45, 7) is 1.13. The molecule has 4 rings (SSSR count). The van der Waals surface area contributed by atoms with E-state index in [2.05, 4.69) is 0 Å². The summed E-state index contributed by atoms with van der Waals surface area (Å²) in [6, 6.07) is 0. The molecule has 4 fully saturated rings. The van der Waals surface area contributed by atoms with Crippen LogP contribution in [0.4, 0.5) is 0 Å². The van der Waals surface area contributed by atoms with Crippen molar-refractivity contribution in [2.45, 2.75) is 124 Å². The molecule has 0 spiro atoms. The summed E-state index contributed by atoms with van der Waals surface area (Å²) in [7, 11) is 0. The lowest BCUT2D eigenvalue weighted by Gasteiger charge is -2.50. The Hall–Kier alpha value is -0.720. The van der Waals surface area contributed by atoms with Gasteiger partial charge >= 0.3 is 0 Å². The summed E-state index contributed by atoms with van der Waals surface area (Å²) < 4.78 is 39.4. The first kappa shape index (κ1) is 35.1. The highest BCUT2D eigenvalue weighted by molar-refractivity contribution is 4.99. The molecule has 0 radical (unpaired) electrons. The van der Waals surface area contributed by atoms with Crippen LogP contribution < -0.4 is 0 Å². The van der Waals surface area contributed by atoms with E-state index >= 15 is 0 Å². The molecule has 18 atom stereocenters. The van der Waals surface area contributed by atoms with Crippen LogP contribution in [0.3, 0.4) is 0 Å². The lowest BCUT2D eigenvalue weighted by Crippen LogP contribution is -2.67. The molecule has 4 aliphatic heterocycles. The standard InChI is InChI=1S/C25H44O18/c1-7(2)19-17(35)22(43-24-16(34)13(31)9(29)6-38-24)20(11(4-27)39-19)41-25-18(36)21(14(32)10(3-26)40-25)42-23-15(33)12(30)8(28)5-37-23/h7-36H,3-6H2,1-2H3. The van der Waals surface area contributed by atoms with E-state index < -0.39 is 137 Å². The Kier molecular flexibility index (Phi) is 12.1. The van der Waals surface area contributed by atoms with Gasteiger partial charge in [0.05, 0.1) is 32.5 Å².